The zero-order valence-electron chi connectivity index (χ0n) is 14.2. The van der Waals surface area contributed by atoms with E-state index in [-0.39, 0.29) is 11.9 Å². The summed E-state index contributed by atoms with van der Waals surface area (Å²) in [5.41, 5.74) is 3.04. The van der Waals surface area contributed by atoms with Gasteiger partial charge in [-0.2, -0.15) is 0 Å². The lowest BCUT2D eigenvalue weighted by Crippen LogP contribution is -2.34. The second-order valence-electron chi connectivity index (χ2n) is 5.83. The van der Waals surface area contributed by atoms with Gasteiger partial charge < -0.3 is 15.0 Å². The topological polar surface area (TPSA) is 71.2 Å². The molecule has 24 heavy (non-hydrogen) atoms. The quantitative estimate of drug-likeness (QED) is 0.813. The van der Waals surface area contributed by atoms with E-state index < -0.39 is 5.97 Å². The van der Waals surface area contributed by atoms with E-state index in [2.05, 4.69) is 10.3 Å². The molecule has 1 heterocycles. The second kappa shape index (κ2) is 7.53. The minimum Gasteiger partial charge on any atom is -0.465 e. The zero-order valence-corrected chi connectivity index (χ0v) is 15.0. The Labute approximate surface area is 146 Å². The van der Waals surface area contributed by atoms with Crippen molar-refractivity contribution in [2.45, 2.75) is 33.2 Å². The van der Waals surface area contributed by atoms with Gasteiger partial charge in [0.1, 0.15) is 5.69 Å². The Morgan fingerprint density at radius 3 is 2.67 bits per heavy atom. The molecule has 0 aliphatic carbocycles. The molecular formula is C18H21ClN2O3. The molecule has 2 N–H and O–H groups in total. The summed E-state index contributed by atoms with van der Waals surface area (Å²) in [5.74, 6) is -0.701. The fourth-order valence-corrected chi connectivity index (χ4v) is 2.96. The number of ether oxygens (including phenoxy) is 1. The number of aromatic nitrogens is 1. The van der Waals surface area contributed by atoms with Gasteiger partial charge in [0.2, 0.25) is 0 Å². The molecule has 5 nitrogen and oxygen atoms in total. The molecule has 1 atom stereocenters. The van der Waals surface area contributed by atoms with Crippen molar-refractivity contribution < 1.29 is 14.3 Å². The van der Waals surface area contributed by atoms with E-state index in [0.717, 1.165) is 5.56 Å². The highest BCUT2D eigenvalue weighted by molar-refractivity contribution is 6.30. The lowest BCUT2D eigenvalue weighted by Gasteiger charge is -2.14. The Kier molecular flexibility index (Phi) is 5.67. The minimum atomic E-state index is -0.452. The smallest absolute Gasteiger partial charge is 0.339 e. The molecule has 1 aromatic carbocycles. The van der Waals surface area contributed by atoms with E-state index in [0.29, 0.717) is 34.0 Å². The highest BCUT2D eigenvalue weighted by atomic mass is 35.5. The van der Waals surface area contributed by atoms with Crippen LogP contribution in [-0.4, -0.2) is 30.0 Å². The van der Waals surface area contributed by atoms with Crippen LogP contribution < -0.4 is 5.32 Å². The number of aryl methyl sites for hydroxylation is 1. The Balaban J connectivity index is 2.11. The van der Waals surface area contributed by atoms with Gasteiger partial charge in [-0.3, -0.25) is 4.79 Å². The summed E-state index contributed by atoms with van der Waals surface area (Å²) in [6.45, 7) is 5.39. The van der Waals surface area contributed by atoms with Crippen molar-refractivity contribution in [1.82, 2.24) is 10.3 Å². The number of nitrogens with one attached hydrogen (secondary N) is 2. The number of aromatic amines is 1. The Morgan fingerprint density at radius 2 is 2.04 bits per heavy atom. The fourth-order valence-electron chi connectivity index (χ4n) is 2.75. The van der Waals surface area contributed by atoms with E-state index in [1.807, 2.05) is 31.2 Å². The van der Waals surface area contributed by atoms with Crippen molar-refractivity contribution in [2.24, 2.45) is 0 Å². The number of carbonyl (C=O) groups excluding carboxylic acids is 2. The van der Waals surface area contributed by atoms with Crippen LogP contribution in [0.4, 0.5) is 0 Å². The van der Waals surface area contributed by atoms with Crippen molar-refractivity contribution in [1.29, 1.82) is 0 Å². The summed E-state index contributed by atoms with van der Waals surface area (Å²) < 4.78 is 4.76. The summed E-state index contributed by atoms with van der Waals surface area (Å²) in [7, 11) is 1.32. The molecule has 128 valence electrons. The maximum Gasteiger partial charge on any atom is 0.339 e. The summed E-state index contributed by atoms with van der Waals surface area (Å²) in [6, 6.07) is 7.46. The minimum absolute atomic E-state index is 0.0828. The third-order valence-corrected chi connectivity index (χ3v) is 4.10. The average molecular weight is 349 g/mol. The SMILES string of the molecule is COC(=O)c1c(C)[nH]c(C(=O)NC(C)Cc2cccc(Cl)c2)c1C. The maximum absolute atomic E-state index is 12.5. The molecule has 0 saturated heterocycles. The number of methoxy groups -OCH3 is 1. The first-order valence-corrected chi connectivity index (χ1v) is 8.04. The third-order valence-electron chi connectivity index (χ3n) is 3.86. The molecule has 0 radical (unpaired) electrons. The molecule has 6 heteroatoms. The van der Waals surface area contributed by atoms with Gasteiger partial charge in [0.25, 0.3) is 5.91 Å². The van der Waals surface area contributed by atoms with Gasteiger partial charge in [0, 0.05) is 16.8 Å². The standard InChI is InChI=1S/C18H21ClN2O3/c1-10(8-13-6-5-7-14(19)9-13)20-17(22)16-11(2)15(12(3)21-16)18(23)24-4/h5-7,9-10,21H,8H2,1-4H3,(H,20,22). The highest BCUT2D eigenvalue weighted by Crippen LogP contribution is 2.19. The second-order valence-corrected chi connectivity index (χ2v) is 6.26. The fraction of sp³-hybridized carbons (Fsp3) is 0.333. The van der Waals surface area contributed by atoms with Crippen molar-refractivity contribution in [3.63, 3.8) is 0 Å². The predicted octanol–water partition coefficient (Wildman–Crippen LogP) is 3.43. The number of amides is 1. The summed E-state index contributed by atoms with van der Waals surface area (Å²) in [4.78, 5) is 27.3. The number of esters is 1. The number of rotatable bonds is 5. The molecule has 0 spiro atoms. The molecule has 1 unspecified atom stereocenters. The largest absolute Gasteiger partial charge is 0.465 e. The van der Waals surface area contributed by atoms with Crippen LogP contribution in [-0.2, 0) is 11.2 Å². The van der Waals surface area contributed by atoms with Crippen LogP contribution >= 0.6 is 11.6 Å². The molecule has 0 bridgehead atoms. The highest BCUT2D eigenvalue weighted by Gasteiger charge is 2.23. The summed E-state index contributed by atoms with van der Waals surface area (Å²) >= 11 is 5.98. The van der Waals surface area contributed by atoms with Crippen LogP contribution in [0.15, 0.2) is 24.3 Å². The van der Waals surface area contributed by atoms with Crippen molar-refractivity contribution in [3.05, 3.63) is 57.4 Å². The van der Waals surface area contributed by atoms with E-state index >= 15 is 0 Å². The van der Waals surface area contributed by atoms with Gasteiger partial charge in [-0.05, 0) is 50.5 Å². The zero-order chi connectivity index (χ0) is 17.9. The van der Waals surface area contributed by atoms with E-state index in [4.69, 9.17) is 16.3 Å². The Hall–Kier alpha value is -2.27. The van der Waals surface area contributed by atoms with E-state index in [9.17, 15) is 9.59 Å². The van der Waals surface area contributed by atoms with Gasteiger partial charge in [-0.15, -0.1) is 0 Å². The number of H-pyrrole nitrogens is 1. The van der Waals surface area contributed by atoms with Crippen molar-refractivity contribution >= 4 is 23.5 Å². The van der Waals surface area contributed by atoms with Gasteiger partial charge in [0.05, 0.1) is 12.7 Å². The summed E-state index contributed by atoms with van der Waals surface area (Å²) in [6.07, 6.45) is 0.662. The Bertz CT molecular complexity index is 768. The van der Waals surface area contributed by atoms with Gasteiger partial charge >= 0.3 is 5.97 Å². The van der Waals surface area contributed by atoms with Crippen LogP contribution in [0.25, 0.3) is 0 Å². The van der Waals surface area contributed by atoms with E-state index in [1.165, 1.54) is 7.11 Å². The van der Waals surface area contributed by atoms with Crippen LogP contribution in [0.2, 0.25) is 5.02 Å². The lowest BCUT2D eigenvalue weighted by molar-refractivity contribution is 0.0599. The number of hydrogen-bond acceptors (Lipinski definition) is 3. The van der Waals surface area contributed by atoms with Crippen LogP contribution in [0, 0.1) is 13.8 Å². The maximum atomic E-state index is 12.5. The lowest BCUT2D eigenvalue weighted by atomic mass is 10.1. The molecular weight excluding hydrogens is 328 g/mol. The Morgan fingerprint density at radius 1 is 1.33 bits per heavy atom. The molecule has 0 fully saturated rings. The van der Waals surface area contributed by atoms with E-state index in [1.54, 1.807) is 13.8 Å². The number of carbonyl (C=O) groups is 2. The molecule has 0 saturated carbocycles. The van der Waals surface area contributed by atoms with Gasteiger partial charge in [-0.25, -0.2) is 4.79 Å². The normalized spacial score (nSPS) is 11.9. The number of benzene rings is 1. The molecule has 0 aliphatic rings. The molecule has 1 aromatic heterocycles. The molecule has 0 aliphatic heterocycles. The van der Waals surface area contributed by atoms with Crippen LogP contribution in [0.1, 0.15) is 44.6 Å². The number of hydrogen-bond donors (Lipinski definition) is 2. The van der Waals surface area contributed by atoms with Crippen LogP contribution in [0.3, 0.4) is 0 Å². The average Bonchev–Trinajstić information content (AvgIpc) is 2.81. The third kappa shape index (κ3) is 3.97. The van der Waals surface area contributed by atoms with Crippen LogP contribution in [0.5, 0.6) is 0 Å². The number of halogens is 1. The van der Waals surface area contributed by atoms with Gasteiger partial charge in [0.15, 0.2) is 0 Å². The first-order chi connectivity index (χ1) is 11.3. The first kappa shape index (κ1) is 18.1. The molecule has 2 aromatic rings. The monoisotopic (exact) mass is 348 g/mol. The van der Waals surface area contributed by atoms with Crippen molar-refractivity contribution in [3.8, 4) is 0 Å². The van der Waals surface area contributed by atoms with Crippen molar-refractivity contribution in [2.75, 3.05) is 7.11 Å². The summed E-state index contributed by atoms with van der Waals surface area (Å²) in [5, 5.41) is 3.61. The molecule has 2 rings (SSSR count). The molecule has 1 amide bonds. The first-order valence-electron chi connectivity index (χ1n) is 7.66. The predicted molar refractivity (Wildman–Crippen MR) is 93.7 cm³/mol. The van der Waals surface area contributed by atoms with Gasteiger partial charge in [-0.1, -0.05) is 23.7 Å².